The van der Waals surface area contributed by atoms with Gasteiger partial charge in [-0.1, -0.05) is 25.1 Å². The number of para-hydroxylation sites is 1. The van der Waals surface area contributed by atoms with Gasteiger partial charge in [0.1, 0.15) is 11.9 Å². The van der Waals surface area contributed by atoms with E-state index in [0.717, 1.165) is 0 Å². The van der Waals surface area contributed by atoms with Crippen molar-refractivity contribution in [2.75, 3.05) is 49.5 Å². The molecule has 0 radical (unpaired) electrons. The molecule has 2 aliphatic heterocycles. The van der Waals surface area contributed by atoms with Crippen LogP contribution in [0.2, 0.25) is 0 Å². The molecule has 2 aliphatic rings. The van der Waals surface area contributed by atoms with Gasteiger partial charge in [-0.05, 0) is 49.4 Å². The molecule has 0 spiro atoms. The van der Waals surface area contributed by atoms with E-state index < -0.39 is 18.2 Å². The van der Waals surface area contributed by atoms with E-state index in [4.69, 9.17) is 14.2 Å². The quantitative estimate of drug-likeness (QED) is 0.319. The molecule has 0 aliphatic carbocycles. The number of hydrogen-bond donors (Lipinski definition) is 4. The number of carbonyl (C=O) groups excluding carboxylic acids is 3. The number of fused-ring (bicyclic) bond motifs is 2. The van der Waals surface area contributed by atoms with Gasteiger partial charge in [0.2, 0.25) is 6.79 Å². The Balaban J connectivity index is 1.33. The second kappa shape index (κ2) is 12.9. The van der Waals surface area contributed by atoms with Crippen molar-refractivity contribution in [1.82, 2.24) is 9.80 Å². The summed E-state index contributed by atoms with van der Waals surface area (Å²) in [5.74, 6) is 0.968. The number of likely N-dealkylation sites (N-methyl/N-ethyl adjacent to an activating group) is 1. The normalized spacial score (nSPS) is 18.0. The first-order valence-electron chi connectivity index (χ1n) is 14.0. The molecule has 2 heterocycles. The van der Waals surface area contributed by atoms with Gasteiger partial charge in [0.15, 0.2) is 11.5 Å². The number of anilines is 3. The fourth-order valence-corrected chi connectivity index (χ4v) is 4.88. The van der Waals surface area contributed by atoms with Crippen LogP contribution in [0.15, 0.2) is 66.7 Å². The van der Waals surface area contributed by atoms with E-state index >= 15 is 0 Å². The summed E-state index contributed by atoms with van der Waals surface area (Å²) in [6, 6.07) is 17.7. The third-order valence-corrected chi connectivity index (χ3v) is 7.38. The average molecular weight is 590 g/mol. The standard InChI is InChI=1S/C31H35N5O7/c1-19-15-36(20(2)17-37)29(38)24-13-22(33-30(39)32-21-7-5-4-6-8-21)9-11-25(24)43-28(19)16-35(3)31(40)34-23-10-12-26-27(14-23)42-18-41-26/h4-14,19-20,28,37H,15-18H2,1-3H3,(H,34,40)(H2,32,33,39)/t19-,20-,28+/m0/s1. The molecular weight excluding hydrogens is 554 g/mol. The lowest BCUT2D eigenvalue weighted by molar-refractivity contribution is 0.0371. The molecule has 0 bridgehead atoms. The van der Waals surface area contributed by atoms with Gasteiger partial charge in [-0.25, -0.2) is 9.59 Å². The molecule has 12 heteroatoms. The first-order chi connectivity index (χ1) is 20.7. The van der Waals surface area contributed by atoms with Crippen LogP contribution in [0.1, 0.15) is 24.2 Å². The SMILES string of the molecule is C[C@H]1CN([C@@H](C)CO)C(=O)c2cc(NC(=O)Nc3ccccc3)ccc2O[C@@H]1CN(C)C(=O)Nc1ccc2c(c1)OCO2. The molecule has 226 valence electrons. The van der Waals surface area contributed by atoms with Gasteiger partial charge in [0.25, 0.3) is 5.91 Å². The molecule has 12 nitrogen and oxygen atoms in total. The number of aliphatic hydroxyl groups excluding tert-OH is 1. The predicted molar refractivity (Wildman–Crippen MR) is 161 cm³/mol. The van der Waals surface area contributed by atoms with Crippen LogP contribution in [0.5, 0.6) is 17.2 Å². The molecule has 4 N–H and O–H groups in total. The lowest BCUT2D eigenvalue weighted by atomic mass is 9.99. The van der Waals surface area contributed by atoms with Gasteiger partial charge in [-0.15, -0.1) is 0 Å². The molecule has 0 aromatic heterocycles. The highest BCUT2D eigenvalue weighted by Gasteiger charge is 2.34. The number of urea groups is 2. The molecule has 5 amide bonds. The maximum atomic E-state index is 13.7. The number of ether oxygens (including phenoxy) is 3. The maximum absolute atomic E-state index is 13.7. The minimum Gasteiger partial charge on any atom is -0.487 e. The number of nitrogens with one attached hydrogen (secondary N) is 3. The third kappa shape index (κ3) is 6.92. The molecule has 5 rings (SSSR count). The van der Waals surface area contributed by atoms with Crippen molar-refractivity contribution in [2.24, 2.45) is 5.92 Å². The number of carbonyl (C=O) groups is 3. The van der Waals surface area contributed by atoms with E-state index in [1.165, 1.54) is 4.90 Å². The van der Waals surface area contributed by atoms with Gasteiger partial charge < -0.3 is 45.1 Å². The van der Waals surface area contributed by atoms with Gasteiger partial charge in [0, 0.05) is 42.6 Å². The number of aliphatic hydroxyl groups is 1. The minimum absolute atomic E-state index is 0.137. The van der Waals surface area contributed by atoms with Crippen molar-refractivity contribution >= 4 is 35.0 Å². The van der Waals surface area contributed by atoms with E-state index in [-0.39, 0.29) is 49.9 Å². The molecule has 3 aromatic rings. The summed E-state index contributed by atoms with van der Waals surface area (Å²) in [5, 5.41) is 18.3. The summed E-state index contributed by atoms with van der Waals surface area (Å²) in [7, 11) is 1.66. The zero-order chi connectivity index (χ0) is 30.5. The summed E-state index contributed by atoms with van der Waals surface area (Å²) >= 11 is 0. The van der Waals surface area contributed by atoms with Crippen LogP contribution in [0.4, 0.5) is 26.7 Å². The Morgan fingerprint density at radius 2 is 1.63 bits per heavy atom. The number of hydrogen-bond acceptors (Lipinski definition) is 7. The van der Waals surface area contributed by atoms with Crippen molar-refractivity contribution in [1.29, 1.82) is 0 Å². The summed E-state index contributed by atoms with van der Waals surface area (Å²) < 4.78 is 17.1. The zero-order valence-corrected chi connectivity index (χ0v) is 24.2. The van der Waals surface area contributed by atoms with Gasteiger partial charge in [-0.2, -0.15) is 0 Å². The van der Waals surface area contributed by atoms with E-state index in [1.807, 2.05) is 25.1 Å². The van der Waals surface area contributed by atoms with Crippen LogP contribution in [0.25, 0.3) is 0 Å². The van der Waals surface area contributed by atoms with Crippen molar-refractivity contribution in [2.45, 2.75) is 26.0 Å². The van der Waals surface area contributed by atoms with Gasteiger partial charge >= 0.3 is 12.1 Å². The summed E-state index contributed by atoms with van der Waals surface area (Å²) in [5.41, 5.74) is 1.81. The molecule has 0 saturated carbocycles. The smallest absolute Gasteiger partial charge is 0.323 e. The van der Waals surface area contributed by atoms with Crippen LogP contribution >= 0.6 is 0 Å². The Labute approximate surface area is 249 Å². The van der Waals surface area contributed by atoms with Crippen LogP contribution in [0.3, 0.4) is 0 Å². The number of nitrogens with zero attached hydrogens (tertiary/aromatic N) is 2. The first-order valence-corrected chi connectivity index (χ1v) is 14.0. The highest BCUT2D eigenvalue weighted by Crippen LogP contribution is 2.34. The second-order valence-corrected chi connectivity index (χ2v) is 10.7. The van der Waals surface area contributed by atoms with Crippen molar-refractivity contribution < 1.29 is 33.7 Å². The summed E-state index contributed by atoms with van der Waals surface area (Å²) in [6.45, 7) is 4.11. The van der Waals surface area contributed by atoms with E-state index in [0.29, 0.717) is 34.3 Å². The highest BCUT2D eigenvalue weighted by atomic mass is 16.7. The molecule has 0 saturated heterocycles. The fraction of sp³-hybridized carbons (Fsp3) is 0.323. The number of rotatable bonds is 7. The molecule has 3 atom stereocenters. The van der Waals surface area contributed by atoms with E-state index in [1.54, 1.807) is 67.4 Å². The van der Waals surface area contributed by atoms with E-state index in [2.05, 4.69) is 16.0 Å². The third-order valence-electron chi connectivity index (χ3n) is 7.38. The van der Waals surface area contributed by atoms with Crippen LogP contribution < -0.4 is 30.2 Å². The van der Waals surface area contributed by atoms with Crippen LogP contribution in [-0.4, -0.2) is 78.6 Å². The number of benzene rings is 3. The van der Waals surface area contributed by atoms with Crippen molar-refractivity contribution in [3.05, 3.63) is 72.3 Å². The Kier molecular flexibility index (Phi) is 8.86. The Bertz CT molecular complexity index is 1480. The zero-order valence-electron chi connectivity index (χ0n) is 24.2. The molecule has 3 aromatic carbocycles. The molecule has 43 heavy (non-hydrogen) atoms. The fourth-order valence-electron chi connectivity index (χ4n) is 4.88. The van der Waals surface area contributed by atoms with Crippen molar-refractivity contribution in [3.63, 3.8) is 0 Å². The van der Waals surface area contributed by atoms with Crippen molar-refractivity contribution in [3.8, 4) is 17.2 Å². The molecular formula is C31H35N5O7. The summed E-state index contributed by atoms with van der Waals surface area (Å²) in [6.07, 6.45) is -0.493. The van der Waals surface area contributed by atoms with Gasteiger partial charge in [-0.3, -0.25) is 4.79 Å². The number of amides is 5. The van der Waals surface area contributed by atoms with Crippen LogP contribution in [0, 0.1) is 5.92 Å². The van der Waals surface area contributed by atoms with Crippen LogP contribution in [-0.2, 0) is 0 Å². The largest absolute Gasteiger partial charge is 0.487 e. The first kappa shape index (κ1) is 29.5. The Hall–Kier alpha value is -4.97. The molecule has 0 fully saturated rings. The lowest BCUT2D eigenvalue weighted by Crippen LogP contribution is -2.50. The maximum Gasteiger partial charge on any atom is 0.323 e. The predicted octanol–water partition coefficient (Wildman–Crippen LogP) is 4.44. The van der Waals surface area contributed by atoms with E-state index in [9.17, 15) is 19.5 Å². The monoisotopic (exact) mass is 589 g/mol. The Morgan fingerprint density at radius 1 is 0.953 bits per heavy atom. The minimum atomic E-state index is -0.493. The lowest BCUT2D eigenvalue weighted by Gasteiger charge is -2.38. The highest BCUT2D eigenvalue weighted by molar-refractivity contribution is 6.02. The topological polar surface area (TPSA) is 142 Å². The summed E-state index contributed by atoms with van der Waals surface area (Å²) in [4.78, 5) is 42.5. The molecule has 0 unspecified atom stereocenters. The second-order valence-electron chi connectivity index (χ2n) is 10.7. The average Bonchev–Trinajstić information content (AvgIpc) is 3.47. The van der Waals surface area contributed by atoms with Gasteiger partial charge in [0.05, 0.1) is 24.8 Å². The Morgan fingerprint density at radius 3 is 2.37 bits per heavy atom.